The first-order chi connectivity index (χ1) is 15.9. The van der Waals surface area contributed by atoms with Crippen LogP contribution in [0, 0.1) is 6.92 Å². The SMILES string of the molecule is COc1ccc(S(=O)(=O)N(CC(=O)Nc2ccccc2C(F)(F)F)c2ccc(C)cc2)cc1Br. The van der Waals surface area contributed by atoms with Crippen LogP contribution in [0.4, 0.5) is 24.5 Å². The highest BCUT2D eigenvalue weighted by molar-refractivity contribution is 9.10. The molecule has 1 N–H and O–H groups in total. The maximum Gasteiger partial charge on any atom is 0.418 e. The predicted octanol–water partition coefficient (Wildman–Crippen LogP) is 5.62. The minimum Gasteiger partial charge on any atom is -0.496 e. The number of para-hydroxylation sites is 1. The van der Waals surface area contributed by atoms with E-state index >= 15 is 0 Å². The smallest absolute Gasteiger partial charge is 0.418 e. The number of nitrogens with one attached hydrogen (secondary N) is 1. The molecule has 34 heavy (non-hydrogen) atoms. The fourth-order valence-corrected chi connectivity index (χ4v) is 5.26. The van der Waals surface area contributed by atoms with Gasteiger partial charge in [0.2, 0.25) is 5.91 Å². The normalized spacial score (nSPS) is 11.7. The lowest BCUT2D eigenvalue weighted by Crippen LogP contribution is -2.38. The van der Waals surface area contributed by atoms with Gasteiger partial charge in [0.25, 0.3) is 10.0 Å². The lowest BCUT2D eigenvalue weighted by atomic mass is 10.1. The van der Waals surface area contributed by atoms with Crippen LogP contribution in [0.5, 0.6) is 5.75 Å². The third-order valence-corrected chi connectivity index (χ3v) is 7.22. The number of aryl methyl sites for hydroxylation is 1. The Bertz CT molecular complexity index is 1300. The van der Waals surface area contributed by atoms with E-state index in [4.69, 9.17) is 4.74 Å². The summed E-state index contributed by atoms with van der Waals surface area (Å²) < 4.78 is 73.2. The summed E-state index contributed by atoms with van der Waals surface area (Å²) in [6, 6.07) is 14.9. The number of hydrogen-bond acceptors (Lipinski definition) is 4. The number of halogens is 4. The van der Waals surface area contributed by atoms with Crippen molar-refractivity contribution in [2.24, 2.45) is 0 Å². The summed E-state index contributed by atoms with van der Waals surface area (Å²) in [6.07, 6.45) is -4.69. The van der Waals surface area contributed by atoms with Crippen LogP contribution < -0.4 is 14.4 Å². The molecular weight excluding hydrogens is 537 g/mol. The van der Waals surface area contributed by atoms with Crippen LogP contribution >= 0.6 is 15.9 Å². The Morgan fingerprint density at radius 3 is 2.29 bits per heavy atom. The van der Waals surface area contributed by atoms with Gasteiger partial charge in [0.05, 0.1) is 33.4 Å². The Morgan fingerprint density at radius 1 is 1.06 bits per heavy atom. The Hall–Kier alpha value is -3.05. The van der Waals surface area contributed by atoms with E-state index in [1.807, 2.05) is 6.92 Å². The molecule has 3 rings (SSSR count). The molecule has 0 aliphatic carbocycles. The Balaban J connectivity index is 1.99. The van der Waals surface area contributed by atoms with Crippen molar-refractivity contribution in [3.05, 3.63) is 82.3 Å². The first-order valence-electron chi connectivity index (χ1n) is 9.82. The Labute approximate surface area is 203 Å². The molecule has 0 bridgehead atoms. The molecule has 0 saturated heterocycles. The molecule has 6 nitrogen and oxygen atoms in total. The average Bonchev–Trinajstić information content (AvgIpc) is 2.77. The van der Waals surface area contributed by atoms with Gasteiger partial charge in [-0.15, -0.1) is 0 Å². The number of amides is 1. The molecule has 0 aliphatic rings. The van der Waals surface area contributed by atoms with Crippen molar-refractivity contribution < 1.29 is 31.1 Å². The molecule has 0 fully saturated rings. The molecule has 3 aromatic rings. The molecule has 11 heteroatoms. The quantitative estimate of drug-likeness (QED) is 0.410. The Morgan fingerprint density at radius 2 is 1.71 bits per heavy atom. The van der Waals surface area contributed by atoms with E-state index in [1.165, 1.54) is 49.6 Å². The zero-order chi connectivity index (χ0) is 25.1. The number of nitrogens with zero attached hydrogens (tertiary/aromatic N) is 1. The van der Waals surface area contributed by atoms with Crippen molar-refractivity contribution in [2.75, 3.05) is 23.3 Å². The van der Waals surface area contributed by atoms with Gasteiger partial charge in [-0.3, -0.25) is 9.10 Å². The summed E-state index contributed by atoms with van der Waals surface area (Å²) in [7, 11) is -2.85. The minimum absolute atomic E-state index is 0.135. The fourth-order valence-electron chi connectivity index (χ4n) is 3.12. The summed E-state index contributed by atoms with van der Waals surface area (Å²) in [4.78, 5) is 12.6. The van der Waals surface area contributed by atoms with E-state index in [-0.39, 0.29) is 10.6 Å². The molecule has 0 spiro atoms. The zero-order valence-electron chi connectivity index (χ0n) is 18.1. The van der Waals surface area contributed by atoms with Gasteiger partial charge < -0.3 is 10.1 Å². The molecule has 180 valence electrons. The molecule has 1 amide bonds. The Kier molecular flexibility index (Phi) is 7.57. The van der Waals surface area contributed by atoms with E-state index in [9.17, 15) is 26.4 Å². The van der Waals surface area contributed by atoms with Crippen molar-refractivity contribution >= 4 is 43.2 Å². The maximum atomic E-state index is 13.5. The number of hydrogen-bond donors (Lipinski definition) is 1. The third-order valence-electron chi connectivity index (χ3n) is 4.83. The molecule has 0 saturated carbocycles. The van der Waals surface area contributed by atoms with Crippen LogP contribution in [0.25, 0.3) is 0 Å². The van der Waals surface area contributed by atoms with Crippen molar-refractivity contribution in [1.29, 1.82) is 0 Å². The van der Waals surface area contributed by atoms with Crippen LogP contribution in [0.15, 0.2) is 76.1 Å². The van der Waals surface area contributed by atoms with Gasteiger partial charge in [-0.2, -0.15) is 13.2 Å². The zero-order valence-corrected chi connectivity index (χ0v) is 20.5. The molecule has 0 atom stereocenters. The number of carbonyl (C=O) groups is 1. The first-order valence-corrected chi connectivity index (χ1v) is 12.1. The van der Waals surface area contributed by atoms with E-state index in [1.54, 1.807) is 12.1 Å². The van der Waals surface area contributed by atoms with Crippen LogP contribution in [0.3, 0.4) is 0 Å². The molecule has 0 radical (unpaired) electrons. The molecular formula is C23H20BrF3N2O4S. The van der Waals surface area contributed by atoms with Gasteiger partial charge in [-0.25, -0.2) is 8.42 Å². The monoisotopic (exact) mass is 556 g/mol. The van der Waals surface area contributed by atoms with Crippen LogP contribution in [-0.2, 0) is 21.0 Å². The van der Waals surface area contributed by atoms with Crippen molar-refractivity contribution in [3.63, 3.8) is 0 Å². The number of alkyl halides is 3. The average molecular weight is 557 g/mol. The van der Waals surface area contributed by atoms with Crippen molar-refractivity contribution in [3.8, 4) is 5.75 Å². The summed E-state index contributed by atoms with van der Waals surface area (Å²) in [5.74, 6) is -0.532. The molecule has 0 aromatic heterocycles. The predicted molar refractivity (Wildman–Crippen MR) is 126 cm³/mol. The molecule has 3 aromatic carbocycles. The van der Waals surface area contributed by atoms with Gasteiger partial charge in [0.15, 0.2) is 0 Å². The lowest BCUT2D eigenvalue weighted by molar-refractivity contribution is -0.137. The number of methoxy groups -OCH3 is 1. The second kappa shape index (κ2) is 10.1. The summed E-state index contributed by atoms with van der Waals surface area (Å²) >= 11 is 3.24. The minimum atomic E-state index is -4.69. The van der Waals surface area contributed by atoms with Crippen LogP contribution in [-0.4, -0.2) is 28.0 Å². The van der Waals surface area contributed by atoms with Gasteiger partial charge >= 0.3 is 6.18 Å². The standard InChI is InChI=1S/C23H20BrF3N2O4S/c1-15-7-9-16(10-8-15)29(34(31,32)17-11-12-21(33-2)19(24)13-17)14-22(30)28-20-6-4-3-5-18(20)23(25,26)27/h3-13H,14H2,1-2H3,(H,28,30). The number of rotatable bonds is 7. The number of anilines is 2. The van der Waals surface area contributed by atoms with E-state index in [0.717, 1.165) is 22.0 Å². The highest BCUT2D eigenvalue weighted by Crippen LogP contribution is 2.35. The van der Waals surface area contributed by atoms with E-state index in [2.05, 4.69) is 21.2 Å². The highest BCUT2D eigenvalue weighted by atomic mass is 79.9. The van der Waals surface area contributed by atoms with Gasteiger partial charge in [-0.05, 0) is 65.3 Å². The second-order valence-electron chi connectivity index (χ2n) is 7.24. The number of sulfonamides is 1. The van der Waals surface area contributed by atoms with Crippen molar-refractivity contribution in [2.45, 2.75) is 18.0 Å². The third kappa shape index (κ3) is 5.71. The second-order valence-corrected chi connectivity index (χ2v) is 9.95. The van der Waals surface area contributed by atoms with Crippen LogP contribution in [0.1, 0.15) is 11.1 Å². The summed E-state index contributed by atoms with van der Waals surface area (Å²) in [5.41, 5.74) is -0.464. The van der Waals surface area contributed by atoms with Gasteiger partial charge in [0, 0.05) is 0 Å². The van der Waals surface area contributed by atoms with Gasteiger partial charge in [-0.1, -0.05) is 29.8 Å². The highest BCUT2D eigenvalue weighted by Gasteiger charge is 2.34. The summed E-state index contributed by atoms with van der Waals surface area (Å²) in [6.45, 7) is 1.06. The molecule has 0 aliphatic heterocycles. The number of benzene rings is 3. The van der Waals surface area contributed by atoms with E-state index < -0.39 is 39.9 Å². The number of ether oxygens (including phenoxy) is 1. The van der Waals surface area contributed by atoms with E-state index in [0.29, 0.717) is 10.2 Å². The maximum absolute atomic E-state index is 13.5. The fraction of sp³-hybridized carbons (Fsp3) is 0.174. The van der Waals surface area contributed by atoms with Crippen LogP contribution in [0.2, 0.25) is 0 Å². The van der Waals surface area contributed by atoms with Crippen molar-refractivity contribution in [1.82, 2.24) is 0 Å². The largest absolute Gasteiger partial charge is 0.496 e. The topological polar surface area (TPSA) is 75.7 Å². The van der Waals surface area contributed by atoms with Gasteiger partial charge in [0.1, 0.15) is 12.3 Å². The first kappa shape index (κ1) is 25.6. The summed E-state index contributed by atoms with van der Waals surface area (Å²) in [5, 5.41) is 2.19. The molecule has 0 heterocycles. The number of carbonyl (C=O) groups excluding carboxylic acids is 1. The molecule has 0 unspecified atom stereocenters. The lowest BCUT2D eigenvalue weighted by Gasteiger charge is -2.25.